The summed E-state index contributed by atoms with van der Waals surface area (Å²) >= 11 is 0. The molecule has 0 radical (unpaired) electrons. The number of benzene rings is 2. The van der Waals surface area contributed by atoms with Crippen LogP contribution in [0.2, 0.25) is 0 Å². The predicted molar refractivity (Wildman–Crippen MR) is 117 cm³/mol. The molecule has 0 bridgehead atoms. The Kier molecular flexibility index (Phi) is 7.11. The number of carbonyl (C=O) groups excluding carboxylic acids is 1. The van der Waals surface area contributed by atoms with E-state index in [-0.39, 0.29) is 35.9 Å². The maximum absolute atomic E-state index is 13.2. The highest BCUT2D eigenvalue weighted by atomic mass is 32.2. The second kappa shape index (κ2) is 9.51. The first-order chi connectivity index (χ1) is 15.4. The van der Waals surface area contributed by atoms with E-state index in [0.717, 1.165) is 6.07 Å². The minimum Gasteiger partial charge on any atom is -0.324 e. The van der Waals surface area contributed by atoms with E-state index in [4.69, 9.17) is 6.57 Å². The summed E-state index contributed by atoms with van der Waals surface area (Å²) in [7, 11) is -3.88. The van der Waals surface area contributed by atoms with E-state index in [9.17, 15) is 26.4 Å². The summed E-state index contributed by atoms with van der Waals surface area (Å²) in [5.41, 5.74) is -1.04. The molecule has 1 saturated heterocycles. The first-order valence-electron chi connectivity index (χ1n) is 10.1. The molecule has 2 aromatic rings. The van der Waals surface area contributed by atoms with Gasteiger partial charge in [-0.25, -0.2) is 13.3 Å². The summed E-state index contributed by atoms with van der Waals surface area (Å²) < 4.78 is 67.2. The van der Waals surface area contributed by atoms with Crippen LogP contribution in [0, 0.1) is 6.57 Å². The second-order valence-corrected chi connectivity index (χ2v) is 9.77. The van der Waals surface area contributed by atoms with Crippen molar-refractivity contribution in [3.05, 3.63) is 65.5 Å². The average Bonchev–Trinajstić information content (AvgIpc) is 2.72. The fraction of sp³-hybridized carbons (Fsp3) is 0.364. The molecule has 11 heteroatoms. The Morgan fingerprint density at radius 2 is 1.76 bits per heavy atom. The van der Waals surface area contributed by atoms with Crippen LogP contribution in [-0.2, 0) is 21.0 Å². The van der Waals surface area contributed by atoms with Crippen LogP contribution in [0.15, 0.2) is 53.4 Å². The van der Waals surface area contributed by atoms with Gasteiger partial charge in [-0.1, -0.05) is 24.3 Å². The molecule has 1 heterocycles. The number of alkyl halides is 3. The number of para-hydroxylation sites is 1. The van der Waals surface area contributed by atoms with Crippen LogP contribution >= 0.6 is 0 Å². The summed E-state index contributed by atoms with van der Waals surface area (Å²) in [4.78, 5) is 17.5. The van der Waals surface area contributed by atoms with Crippen LogP contribution in [0.3, 0.4) is 0 Å². The highest BCUT2D eigenvalue weighted by Crippen LogP contribution is 2.34. The molecule has 1 amide bonds. The largest absolute Gasteiger partial charge is 0.418 e. The third-order valence-corrected chi connectivity index (χ3v) is 7.43. The Morgan fingerprint density at radius 3 is 2.36 bits per heavy atom. The van der Waals surface area contributed by atoms with Gasteiger partial charge in [0.25, 0.3) is 0 Å². The van der Waals surface area contributed by atoms with Crippen LogP contribution in [-0.4, -0.2) is 55.2 Å². The Balaban J connectivity index is 1.71. The van der Waals surface area contributed by atoms with E-state index in [1.165, 1.54) is 46.8 Å². The molecule has 33 heavy (non-hydrogen) atoms. The summed E-state index contributed by atoms with van der Waals surface area (Å²) in [5.74, 6) is -0.618. The van der Waals surface area contributed by atoms with Crippen molar-refractivity contribution in [3.63, 3.8) is 0 Å². The first kappa shape index (κ1) is 24.7. The smallest absolute Gasteiger partial charge is 0.324 e. The number of hydrogen-bond donors (Lipinski definition) is 1. The maximum atomic E-state index is 13.2. The monoisotopic (exact) mass is 480 g/mol. The quantitative estimate of drug-likeness (QED) is 0.657. The number of hydrogen-bond acceptors (Lipinski definition) is 4. The Morgan fingerprint density at radius 1 is 1.12 bits per heavy atom. The van der Waals surface area contributed by atoms with Gasteiger partial charge >= 0.3 is 6.18 Å². The van der Waals surface area contributed by atoms with Crippen molar-refractivity contribution < 1.29 is 26.4 Å². The van der Waals surface area contributed by atoms with Gasteiger partial charge in [0.15, 0.2) is 5.69 Å². The zero-order valence-electron chi connectivity index (χ0n) is 18.0. The van der Waals surface area contributed by atoms with Gasteiger partial charge in [0.05, 0.1) is 29.3 Å². The topological polar surface area (TPSA) is 74.1 Å². The van der Waals surface area contributed by atoms with Gasteiger partial charge in [-0.3, -0.25) is 9.69 Å². The molecule has 1 fully saturated rings. The lowest BCUT2D eigenvalue weighted by Crippen LogP contribution is -2.59. The fourth-order valence-electron chi connectivity index (χ4n) is 4.09. The zero-order chi connectivity index (χ0) is 24.4. The minimum atomic E-state index is -4.60. The molecule has 1 aliphatic heterocycles. The van der Waals surface area contributed by atoms with Crippen LogP contribution in [0.1, 0.15) is 19.4 Å². The predicted octanol–water partition coefficient (Wildman–Crippen LogP) is 3.98. The zero-order valence-corrected chi connectivity index (χ0v) is 18.8. The Bertz CT molecular complexity index is 1170. The molecular weight excluding hydrogens is 457 g/mol. The highest BCUT2D eigenvalue weighted by molar-refractivity contribution is 7.89. The number of nitrogens with one attached hydrogen (secondary N) is 1. The Labute approximate surface area is 190 Å². The van der Waals surface area contributed by atoms with E-state index in [2.05, 4.69) is 10.2 Å². The third-order valence-electron chi connectivity index (χ3n) is 5.31. The van der Waals surface area contributed by atoms with E-state index in [0.29, 0.717) is 0 Å². The lowest BCUT2D eigenvalue weighted by molar-refractivity contribution is -0.137. The SMILES string of the molecule is [C-]#[N+]c1cccc(S(=O)(=O)N2[C@H](C)CN(CC(=O)Nc3ccccc3C(F)(F)F)C[C@@H]2C)c1. The van der Waals surface area contributed by atoms with Crippen LogP contribution < -0.4 is 5.32 Å². The molecule has 0 unspecified atom stereocenters. The number of carbonyl (C=O) groups is 1. The fourth-order valence-corrected chi connectivity index (χ4v) is 5.93. The number of anilines is 1. The maximum Gasteiger partial charge on any atom is 0.418 e. The summed E-state index contributed by atoms with van der Waals surface area (Å²) in [5, 5.41) is 2.31. The third kappa shape index (κ3) is 5.52. The Hall–Kier alpha value is -2.94. The van der Waals surface area contributed by atoms with Gasteiger partial charge in [-0.2, -0.15) is 17.5 Å². The number of halogens is 3. The van der Waals surface area contributed by atoms with Crippen LogP contribution in [0.25, 0.3) is 4.85 Å². The number of nitrogens with zero attached hydrogens (tertiary/aromatic N) is 3. The van der Waals surface area contributed by atoms with Crippen molar-refractivity contribution in [2.75, 3.05) is 25.0 Å². The number of rotatable bonds is 5. The van der Waals surface area contributed by atoms with Crippen LogP contribution in [0.4, 0.5) is 24.5 Å². The average molecular weight is 481 g/mol. The van der Waals surface area contributed by atoms with Crippen molar-refractivity contribution in [1.29, 1.82) is 0 Å². The van der Waals surface area contributed by atoms with Gasteiger partial charge in [-0.05, 0) is 38.1 Å². The lowest BCUT2D eigenvalue weighted by Gasteiger charge is -2.43. The number of sulfonamides is 1. The molecule has 0 aromatic heterocycles. The van der Waals surface area contributed by atoms with E-state index < -0.39 is 39.8 Å². The lowest BCUT2D eigenvalue weighted by atomic mass is 10.1. The summed E-state index contributed by atoms with van der Waals surface area (Å²) in [6, 6.07) is 9.52. The standard InChI is InChI=1S/C22H23F3N4O3S/c1-15-12-28(14-21(30)27-20-10-5-4-9-19(20)22(23,24)25)13-16(2)29(15)33(31,32)18-8-6-7-17(11-18)26-3/h4-11,15-16H,12-14H2,1-2H3,(H,27,30)/t15-,16+. The molecular formula is C22H23F3N4O3S. The number of piperazine rings is 1. The van der Waals surface area contributed by atoms with Crippen molar-refractivity contribution >= 4 is 27.3 Å². The van der Waals surface area contributed by atoms with E-state index >= 15 is 0 Å². The molecule has 2 atom stereocenters. The van der Waals surface area contributed by atoms with Crippen LogP contribution in [0.5, 0.6) is 0 Å². The van der Waals surface area contributed by atoms with Crippen molar-refractivity contribution in [2.45, 2.75) is 37.0 Å². The first-order valence-corrected chi connectivity index (χ1v) is 11.6. The minimum absolute atomic E-state index is 0.0182. The van der Waals surface area contributed by atoms with Crippen molar-refractivity contribution in [2.24, 2.45) is 0 Å². The van der Waals surface area contributed by atoms with Gasteiger partial charge < -0.3 is 5.32 Å². The van der Waals surface area contributed by atoms with Crippen molar-refractivity contribution in [3.8, 4) is 0 Å². The molecule has 0 saturated carbocycles. The van der Waals surface area contributed by atoms with E-state index in [1.54, 1.807) is 18.7 Å². The molecule has 1 aliphatic rings. The van der Waals surface area contributed by atoms with Gasteiger partial charge in [-0.15, -0.1) is 0 Å². The number of amides is 1. The van der Waals surface area contributed by atoms with Gasteiger partial charge in [0, 0.05) is 25.2 Å². The highest BCUT2D eigenvalue weighted by Gasteiger charge is 2.39. The second-order valence-electron chi connectivity index (χ2n) is 7.93. The summed E-state index contributed by atoms with van der Waals surface area (Å²) in [6.07, 6.45) is -4.60. The van der Waals surface area contributed by atoms with Gasteiger partial charge in [0.1, 0.15) is 0 Å². The molecule has 1 N–H and O–H groups in total. The summed E-state index contributed by atoms with van der Waals surface area (Å²) in [6.45, 7) is 10.8. The molecule has 176 valence electrons. The molecule has 7 nitrogen and oxygen atoms in total. The molecule has 0 aliphatic carbocycles. The van der Waals surface area contributed by atoms with Gasteiger partial charge in [0.2, 0.25) is 15.9 Å². The molecule has 0 spiro atoms. The van der Waals surface area contributed by atoms with E-state index in [1.807, 2.05) is 0 Å². The molecule has 2 aromatic carbocycles. The normalized spacial score (nSPS) is 20.2. The van der Waals surface area contributed by atoms with Crippen molar-refractivity contribution in [1.82, 2.24) is 9.21 Å². The molecule has 3 rings (SSSR count).